The first kappa shape index (κ1) is 24.6. The van der Waals surface area contributed by atoms with E-state index in [9.17, 15) is 0 Å². The monoisotopic (exact) mass is 564 g/mol. The Labute approximate surface area is 253 Å². The molecule has 4 heteroatoms. The number of ether oxygens (including phenoxy) is 2. The van der Waals surface area contributed by atoms with Gasteiger partial charge in [-0.25, -0.2) is 9.97 Å². The van der Waals surface area contributed by atoms with Gasteiger partial charge in [0, 0.05) is 12.4 Å². The van der Waals surface area contributed by atoms with E-state index in [0.29, 0.717) is 23.3 Å². The van der Waals surface area contributed by atoms with E-state index in [1.54, 1.807) is 12.4 Å². The molecule has 0 radical (unpaired) electrons. The van der Waals surface area contributed by atoms with Crippen LogP contribution >= 0.6 is 0 Å². The zero-order valence-electron chi connectivity index (χ0n) is 23.6. The molecule has 0 fully saturated rings. The Morgan fingerprint density at radius 3 is 1.41 bits per heavy atom. The predicted octanol–water partition coefficient (Wildman–Crippen LogP) is 10.8. The lowest BCUT2D eigenvalue weighted by molar-refractivity contribution is 0.336. The molecule has 0 spiro atoms. The number of aromatic nitrogens is 2. The van der Waals surface area contributed by atoms with Crippen molar-refractivity contribution in [2.24, 2.45) is 0 Å². The smallest absolute Gasteiger partial charge is 0.284 e. The van der Waals surface area contributed by atoms with Crippen LogP contribution in [0.5, 0.6) is 23.3 Å². The number of nitrogens with zero attached hydrogens (tertiary/aromatic N) is 2. The van der Waals surface area contributed by atoms with Crippen molar-refractivity contribution in [2.75, 3.05) is 0 Å². The van der Waals surface area contributed by atoms with Crippen molar-refractivity contribution in [3.05, 3.63) is 146 Å². The average molecular weight is 565 g/mol. The summed E-state index contributed by atoms with van der Waals surface area (Å²) in [6, 6.07) is 47.6. The maximum absolute atomic E-state index is 5.98. The molecule has 0 bridgehead atoms. The fourth-order valence-electron chi connectivity index (χ4n) is 6.33. The topological polar surface area (TPSA) is 44.2 Å². The second-order valence-electron chi connectivity index (χ2n) is 11.0. The Balaban J connectivity index is 1.05. The molecule has 0 N–H and O–H groups in total. The third-order valence-corrected chi connectivity index (χ3v) is 8.48. The van der Waals surface area contributed by atoms with E-state index < -0.39 is 0 Å². The molecule has 0 amide bonds. The molecule has 206 valence electrons. The van der Waals surface area contributed by atoms with Crippen LogP contribution in [0.15, 0.2) is 146 Å². The number of hydrogen-bond donors (Lipinski definition) is 0. The number of benzene rings is 7. The highest BCUT2D eigenvalue weighted by Crippen LogP contribution is 2.44. The molecule has 2 heterocycles. The van der Waals surface area contributed by atoms with Crippen molar-refractivity contribution in [3.8, 4) is 56.6 Å². The van der Waals surface area contributed by atoms with Gasteiger partial charge in [-0.15, -0.1) is 0 Å². The van der Waals surface area contributed by atoms with Gasteiger partial charge in [-0.1, -0.05) is 109 Å². The van der Waals surface area contributed by atoms with Gasteiger partial charge in [-0.2, -0.15) is 0 Å². The highest BCUT2D eigenvalue weighted by Gasteiger charge is 2.21. The number of rotatable bonds is 3. The molecule has 7 aromatic carbocycles. The lowest BCUT2D eigenvalue weighted by Crippen LogP contribution is -2.02. The van der Waals surface area contributed by atoms with Crippen LogP contribution in [0.2, 0.25) is 0 Å². The summed E-state index contributed by atoms with van der Waals surface area (Å²) in [5, 5.41) is 7.73. The molecule has 9 rings (SSSR count). The summed E-state index contributed by atoms with van der Waals surface area (Å²) in [5.74, 6) is 2.01. The van der Waals surface area contributed by atoms with Gasteiger partial charge in [0.2, 0.25) is 0 Å². The Kier molecular flexibility index (Phi) is 5.47. The fourth-order valence-corrected chi connectivity index (χ4v) is 6.33. The van der Waals surface area contributed by atoms with E-state index in [4.69, 9.17) is 9.47 Å². The SMILES string of the molecule is c1cc(-c2ccc(-c3ccc4c5ccccc5c5ccccc5c4c3)cc2)cc(-c2ccc3c(c2)Oc2nccnc2O3)c1. The summed E-state index contributed by atoms with van der Waals surface area (Å²) in [4.78, 5) is 8.43. The molecule has 0 atom stereocenters. The minimum absolute atomic E-state index is 0.374. The van der Waals surface area contributed by atoms with E-state index >= 15 is 0 Å². The third-order valence-electron chi connectivity index (χ3n) is 8.48. The largest absolute Gasteiger partial charge is 0.431 e. The van der Waals surface area contributed by atoms with E-state index in [1.807, 2.05) is 18.2 Å². The Morgan fingerprint density at radius 1 is 0.318 bits per heavy atom. The van der Waals surface area contributed by atoms with Crippen molar-refractivity contribution in [3.63, 3.8) is 0 Å². The second-order valence-corrected chi connectivity index (χ2v) is 11.0. The Hall–Kier alpha value is -6.00. The maximum Gasteiger partial charge on any atom is 0.284 e. The van der Waals surface area contributed by atoms with Gasteiger partial charge < -0.3 is 9.47 Å². The second kappa shape index (κ2) is 9.79. The van der Waals surface area contributed by atoms with Crippen LogP contribution in [0.4, 0.5) is 0 Å². The van der Waals surface area contributed by atoms with Crippen molar-refractivity contribution in [1.29, 1.82) is 0 Å². The Bertz CT molecular complexity index is 2360. The summed E-state index contributed by atoms with van der Waals surface area (Å²) >= 11 is 0. The molecule has 4 nitrogen and oxygen atoms in total. The molecule has 1 aromatic heterocycles. The summed E-state index contributed by atoms with van der Waals surface area (Å²) in [7, 11) is 0. The molecule has 1 aliphatic rings. The van der Waals surface area contributed by atoms with Gasteiger partial charge in [-0.3, -0.25) is 0 Å². The Morgan fingerprint density at radius 2 is 0.773 bits per heavy atom. The van der Waals surface area contributed by atoms with Crippen molar-refractivity contribution < 1.29 is 9.47 Å². The first-order chi connectivity index (χ1) is 21.8. The molecule has 1 aliphatic heterocycles. The zero-order chi connectivity index (χ0) is 29.0. The molecule has 8 aromatic rings. The summed E-state index contributed by atoms with van der Waals surface area (Å²) in [6.07, 6.45) is 3.18. The van der Waals surface area contributed by atoms with Gasteiger partial charge >= 0.3 is 0 Å². The summed E-state index contributed by atoms with van der Waals surface area (Å²) in [5.41, 5.74) is 6.84. The molecule has 0 aliphatic carbocycles. The van der Waals surface area contributed by atoms with E-state index in [0.717, 1.165) is 22.3 Å². The lowest BCUT2D eigenvalue weighted by Gasteiger charge is -2.19. The summed E-state index contributed by atoms with van der Waals surface area (Å²) in [6.45, 7) is 0. The standard InChI is InChI=1S/C40H24N2O2/c1-2-10-33-31(8-1)32-9-3-4-11-34(32)36-23-29(16-18-35(33)36)26-14-12-25(13-15-26)27-6-5-7-28(22-27)30-17-19-37-38(24-30)44-40-39(43-37)41-20-21-42-40/h1-24H. The molecular formula is C40H24N2O2. The molecular weight excluding hydrogens is 540 g/mol. The van der Waals surface area contributed by atoms with Crippen molar-refractivity contribution >= 4 is 32.3 Å². The van der Waals surface area contributed by atoms with Crippen LogP contribution in [-0.2, 0) is 0 Å². The number of fused-ring (bicyclic) bond motifs is 8. The first-order valence-electron chi connectivity index (χ1n) is 14.6. The highest BCUT2D eigenvalue weighted by molar-refractivity contribution is 6.25. The van der Waals surface area contributed by atoms with Crippen LogP contribution in [0.25, 0.3) is 65.7 Å². The van der Waals surface area contributed by atoms with Gasteiger partial charge in [0.15, 0.2) is 11.5 Å². The van der Waals surface area contributed by atoms with Gasteiger partial charge in [0.1, 0.15) is 0 Å². The quantitative estimate of drug-likeness (QED) is 0.200. The highest BCUT2D eigenvalue weighted by atomic mass is 16.6. The fraction of sp³-hybridized carbons (Fsp3) is 0. The van der Waals surface area contributed by atoms with Gasteiger partial charge in [-0.05, 0) is 90.0 Å². The first-order valence-corrected chi connectivity index (χ1v) is 14.6. The zero-order valence-corrected chi connectivity index (χ0v) is 23.6. The number of hydrogen-bond acceptors (Lipinski definition) is 4. The van der Waals surface area contributed by atoms with Crippen LogP contribution in [0.3, 0.4) is 0 Å². The maximum atomic E-state index is 5.98. The molecule has 44 heavy (non-hydrogen) atoms. The molecule has 0 saturated carbocycles. The van der Waals surface area contributed by atoms with E-state index in [1.165, 1.54) is 43.4 Å². The summed E-state index contributed by atoms with van der Waals surface area (Å²) < 4.78 is 11.9. The lowest BCUT2D eigenvalue weighted by atomic mass is 9.91. The normalized spacial score (nSPS) is 12.0. The average Bonchev–Trinajstić information content (AvgIpc) is 3.10. The van der Waals surface area contributed by atoms with Crippen LogP contribution < -0.4 is 9.47 Å². The minimum atomic E-state index is 0.374. The third kappa shape index (κ3) is 4.00. The molecule has 0 saturated heterocycles. The van der Waals surface area contributed by atoms with Crippen molar-refractivity contribution in [1.82, 2.24) is 9.97 Å². The minimum Gasteiger partial charge on any atom is -0.431 e. The molecule has 0 unspecified atom stereocenters. The van der Waals surface area contributed by atoms with Crippen molar-refractivity contribution in [2.45, 2.75) is 0 Å². The van der Waals surface area contributed by atoms with Crippen LogP contribution in [0.1, 0.15) is 0 Å². The predicted molar refractivity (Wildman–Crippen MR) is 177 cm³/mol. The van der Waals surface area contributed by atoms with Gasteiger partial charge in [0.05, 0.1) is 0 Å². The van der Waals surface area contributed by atoms with E-state index in [2.05, 4.69) is 125 Å². The van der Waals surface area contributed by atoms with Crippen LogP contribution in [-0.4, -0.2) is 9.97 Å². The van der Waals surface area contributed by atoms with E-state index in [-0.39, 0.29) is 0 Å². The van der Waals surface area contributed by atoms with Gasteiger partial charge in [0.25, 0.3) is 11.8 Å². The van der Waals surface area contributed by atoms with Crippen LogP contribution in [0, 0.1) is 0 Å².